The quantitative estimate of drug-likeness (QED) is 0.418. The van der Waals surface area contributed by atoms with Gasteiger partial charge in [0.05, 0.1) is 17.5 Å². The van der Waals surface area contributed by atoms with E-state index in [1.165, 1.54) is 17.4 Å². The molecule has 0 saturated heterocycles. The van der Waals surface area contributed by atoms with Crippen LogP contribution in [0.5, 0.6) is 5.75 Å². The molecule has 0 saturated carbocycles. The maximum absolute atomic E-state index is 11.4. The van der Waals surface area contributed by atoms with Gasteiger partial charge in [0.15, 0.2) is 5.13 Å². The zero-order valence-corrected chi connectivity index (χ0v) is 16.5. The van der Waals surface area contributed by atoms with Crippen molar-refractivity contribution in [2.45, 2.75) is 6.54 Å². The van der Waals surface area contributed by atoms with Crippen molar-refractivity contribution in [1.82, 2.24) is 4.98 Å². The summed E-state index contributed by atoms with van der Waals surface area (Å²) in [5.41, 5.74) is 8.78. The SMILES string of the molecule is Br.NC(=O)c1cc(-c2csc(NCc3ccc4occc4c3)n2)ccc1O. The second-order valence-electron chi connectivity index (χ2n) is 5.78. The van der Waals surface area contributed by atoms with E-state index in [-0.39, 0.29) is 28.3 Å². The van der Waals surface area contributed by atoms with Gasteiger partial charge in [-0.3, -0.25) is 4.79 Å². The third-order valence-corrected chi connectivity index (χ3v) is 4.82. The summed E-state index contributed by atoms with van der Waals surface area (Å²) in [7, 11) is 0. The number of phenols is 1. The number of carbonyl (C=O) groups excluding carboxylic acids is 1. The lowest BCUT2D eigenvalue weighted by Crippen LogP contribution is -2.11. The Morgan fingerprint density at radius 2 is 2.07 bits per heavy atom. The Balaban J connectivity index is 0.00000210. The largest absolute Gasteiger partial charge is 0.507 e. The number of amides is 1. The molecule has 0 fully saturated rings. The monoisotopic (exact) mass is 445 g/mol. The van der Waals surface area contributed by atoms with E-state index in [1.807, 2.05) is 23.6 Å². The fraction of sp³-hybridized carbons (Fsp3) is 0.0526. The number of aromatic hydroxyl groups is 1. The molecule has 4 N–H and O–H groups in total. The molecule has 2 heterocycles. The number of carbonyl (C=O) groups is 1. The van der Waals surface area contributed by atoms with E-state index >= 15 is 0 Å². The van der Waals surface area contributed by atoms with Crippen LogP contribution in [0, 0.1) is 0 Å². The molecule has 1 amide bonds. The molecule has 0 bridgehead atoms. The highest BCUT2D eigenvalue weighted by atomic mass is 79.9. The summed E-state index contributed by atoms with van der Waals surface area (Å²) in [6, 6.07) is 12.6. The summed E-state index contributed by atoms with van der Waals surface area (Å²) in [6.45, 7) is 0.635. The fourth-order valence-corrected chi connectivity index (χ4v) is 3.40. The van der Waals surface area contributed by atoms with Crippen LogP contribution in [0.1, 0.15) is 15.9 Å². The van der Waals surface area contributed by atoms with E-state index in [2.05, 4.69) is 16.4 Å². The highest BCUT2D eigenvalue weighted by Gasteiger charge is 2.11. The van der Waals surface area contributed by atoms with E-state index < -0.39 is 5.91 Å². The van der Waals surface area contributed by atoms with Gasteiger partial charge in [0.1, 0.15) is 11.3 Å². The predicted molar refractivity (Wildman–Crippen MR) is 112 cm³/mol. The van der Waals surface area contributed by atoms with Crippen LogP contribution in [0.25, 0.3) is 22.2 Å². The maximum Gasteiger partial charge on any atom is 0.252 e. The summed E-state index contributed by atoms with van der Waals surface area (Å²) >= 11 is 1.47. The number of hydrogen-bond acceptors (Lipinski definition) is 6. The Hall–Kier alpha value is -2.84. The molecule has 27 heavy (non-hydrogen) atoms. The number of nitrogens with two attached hydrogens (primary N) is 1. The Morgan fingerprint density at radius 3 is 2.89 bits per heavy atom. The number of fused-ring (bicyclic) bond motifs is 1. The zero-order valence-electron chi connectivity index (χ0n) is 14.0. The number of furan rings is 1. The van der Waals surface area contributed by atoms with Gasteiger partial charge in [-0.1, -0.05) is 6.07 Å². The second-order valence-corrected chi connectivity index (χ2v) is 6.64. The highest BCUT2D eigenvalue weighted by Crippen LogP contribution is 2.29. The Morgan fingerprint density at radius 1 is 1.22 bits per heavy atom. The maximum atomic E-state index is 11.4. The first kappa shape index (κ1) is 18.9. The highest BCUT2D eigenvalue weighted by molar-refractivity contribution is 8.93. The minimum Gasteiger partial charge on any atom is -0.507 e. The molecule has 0 spiro atoms. The van der Waals surface area contributed by atoms with Crippen molar-refractivity contribution in [2.75, 3.05) is 5.32 Å². The molecule has 6 nitrogen and oxygen atoms in total. The number of aromatic nitrogens is 1. The molecule has 0 aliphatic rings. The molecule has 0 aliphatic heterocycles. The summed E-state index contributed by atoms with van der Waals surface area (Å²) in [5, 5.41) is 16.7. The molecule has 2 aromatic carbocycles. The van der Waals surface area contributed by atoms with Gasteiger partial charge in [-0.15, -0.1) is 28.3 Å². The standard InChI is InChI=1S/C19H15N3O3S.BrH/c20-18(24)14-8-12(2-3-16(14)23)15-10-26-19(22-15)21-9-11-1-4-17-13(7-11)5-6-25-17;/h1-8,10,23H,9H2,(H2,20,24)(H,21,22);1H. The second kappa shape index (κ2) is 7.81. The van der Waals surface area contributed by atoms with Crippen LogP contribution in [0.2, 0.25) is 0 Å². The lowest BCUT2D eigenvalue weighted by atomic mass is 10.1. The molecule has 8 heteroatoms. The van der Waals surface area contributed by atoms with E-state index in [9.17, 15) is 9.90 Å². The van der Waals surface area contributed by atoms with Crippen LogP contribution in [0.3, 0.4) is 0 Å². The first-order chi connectivity index (χ1) is 12.6. The van der Waals surface area contributed by atoms with Crippen LogP contribution in [-0.4, -0.2) is 16.0 Å². The minimum atomic E-state index is -0.674. The number of nitrogens with one attached hydrogen (secondary N) is 1. The fourth-order valence-electron chi connectivity index (χ4n) is 2.68. The number of nitrogens with zero attached hydrogens (tertiary/aromatic N) is 1. The van der Waals surface area contributed by atoms with Gasteiger partial charge in [-0.2, -0.15) is 0 Å². The summed E-state index contributed by atoms with van der Waals surface area (Å²) in [4.78, 5) is 15.9. The number of thiazole rings is 1. The molecule has 0 aliphatic carbocycles. The number of halogens is 1. The van der Waals surface area contributed by atoms with Crippen LogP contribution < -0.4 is 11.1 Å². The topological polar surface area (TPSA) is 101 Å². The van der Waals surface area contributed by atoms with E-state index in [4.69, 9.17) is 10.2 Å². The van der Waals surface area contributed by atoms with Crippen molar-refractivity contribution in [3.63, 3.8) is 0 Å². The molecule has 138 valence electrons. The third kappa shape index (κ3) is 3.96. The number of rotatable bonds is 5. The van der Waals surface area contributed by atoms with Crippen LogP contribution >= 0.6 is 28.3 Å². The average molecular weight is 446 g/mol. The minimum absolute atomic E-state index is 0. The molecular formula is C19H16BrN3O3S. The summed E-state index contributed by atoms with van der Waals surface area (Å²) < 4.78 is 5.34. The van der Waals surface area contributed by atoms with Gasteiger partial charge in [0.25, 0.3) is 5.91 Å². The molecule has 0 unspecified atom stereocenters. The molecule has 4 rings (SSSR count). The molecular weight excluding hydrogens is 430 g/mol. The third-order valence-electron chi connectivity index (χ3n) is 4.02. The van der Waals surface area contributed by atoms with Crippen molar-refractivity contribution in [3.05, 3.63) is 65.2 Å². The van der Waals surface area contributed by atoms with E-state index in [0.29, 0.717) is 12.2 Å². The lowest BCUT2D eigenvalue weighted by molar-refractivity contribution is 0.0998. The molecule has 0 radical (unpaired) electrons. The summed E-state index contributed by atoms with van der Waals surface area (Å²) in [5.74, 6) is -0.808. The van der Waals surface area contributed by atoms with Gasteiger partial charge < -0.3 is 20.6 Å². The Bertz CT molecular complexity index is 1110. The van der Waals surface area contributed by atoms with Gasteiger partial charge >= 0.3 is 0 Å². The van der Waals surface area contributed by atoms with E-state index in [0.717, 1.165) is 27.2 Å². The van der Waals surface area contributed by atoms with Gasteiger partial charge in [0.2, 0.25) is 0 Å². The summed E-state index contributed by atoms with van der Waals surface area (Å²) in [6.07, 6.45) is 1.67. The number of hydrogen-bond donors (Lipinski definition) is 3. The van der Waals surface area contributed by atoms with Crippen LogP contribution in [0.4, 0.5) is 5.13 Å². The Kier molecular flexibility index (Phi) is 5.48. The van der Waals surface area contributed by atoms with Crippen LogP contribution in [0.15, 0.2) is 58.5 Å². The van der Waals surface area contributed by atoms with E-state index in [1.54, 1.807) is 18.4 Å². The first-order valence-electron chi connectivity index (χ1n) is 7.89. The molecule has 2 aromatic heterocycles. The zero-order chi connectivity index (χ0) is 18.1. The van der Waals surface area contributed by atoms with Crippen molar-refractivity contribution in [3.8, 4) is 17.0 Å². The number of primary amides is 1. The number of anilines is 1. The molecule has 0 atom stereocenters. The number of benzene rings is 2. The smallest absolute Gasteiger partial charge is 0.252 e. The van der Waals surface area contributed by atoms with Crippen molar-refractivity contribution >= 4 is 50.3 Å². The van der Waals surface area contributed by atoms with Gasteiger partial charge in [0, 0.05) is 22.9 Å². The average Bonchev–Trinajstić information content (AvgIpc) is 3.29. The normalized spacial score (nSPS) is 10.5. The first-order valence-corrected chi connectivity index (χ1v) is 8.77. The predicted octanol–water partition coefficient (Wildman–Crippen LogP) is 4.55. The molecule has 4 aromatic rings. The van der Waals surface area contributed by atoms with Crippen molar-refractivity contribution in [1.29, 1.82) is 0 Å². The lowest BCUT2D eigenvalue weighted by Gasteiger charge is -2.04. The Labute approximate surface area is 169 Å². The van der Waals surface area contributed by atoms with Crippen molar-refractivity contribution < 1.29 is 14.3 Å². The van der Waals surface area contributed by atoms with Crippen LogP contribution in [-0.2, 0) is 6.54 Å². The van der Waals surface area contributed by atoms with Gasteiger partial charge in [-0.05, 0) is 42.0 Å². The van der Waals surface area contributed by atoms with Crippen molar-refractivity contribution in [2.24, 2.45) is 5.73 Å². The van der Waals surface area contributed by atoms with Gasteiger partial charge in [-0.25, -0.2) is 4.98 Å².